The van der Waals surface area contributed by atoms with Crippen LogP contribution in [0.3, 0.4) is 0 Å². The van der Waals surface area contributed by atoms with E-state index < -0.39 is 10.0 Å². The van der Waals surface area contributed by atoms with Crippen LogP contribution in [0.5, 0.6) is 0 Å². The van der Waals surface area contributed by atoms with Crippen LogP contribution in [0.15, 0.2) is 23.1 Å². The number of nitrogens with two attached hydrogens (primary N) is 1. The van der Waals surface area contributed by atoms with E-state index in [1.54, 1.807) is 19.2 Å². The van der Waals surface area contributed by atoms with Gasteiger partial charge in [0.15, 0.2) is 0 Å². The molecular formula is C12H21N3O3S. The van der Waals surface area contributed by atoms with Crippen LogP contribution in [-0.4, -0.2) is 46.6 Å². The van der Waals surface area contributed by atoms with E-state index >= 15 is 0 Å². The van der Waals surface area contributed by atoms with Gasteiger partial charge in [0.25, 0.3) is 0 Å². The Balaban J connectivity index is 3.13. The lowest BCUT2D eigenvalue weighted by Crippen LogP contribution is -2.25. The van der Waals surface area contributed by atoms with Gasteiger partial charge in [0.05, 0.1) is 18.0 Å². The summed E-state index contributed by atoms with van der Waals surface area (Å²) in [6, 6.07) is 4.94. The summed E-state index contributed by atoms with van der Waals surface area (Å²) in [4.78, 5) is 0.104. The van der Waals surface area contributed by atoms with Crippen molar-refractivity contribution in [3.63, 3.8) is 0 Å². The third kappa shape index (κ3) is 3.59. The summed E-state index contributed by atoms with van der Waals surface area (Å²) < 4.78 is 30.4. The van der Waals surface area contributed by atoms with Crippen molar-refractivity contribution in [2.24, 2.45) is 0 Å². The first kappa shape index (κ1) is 15.7. The molecule has 0 heterocycles. The van der Waals surface area contributed by atoms with Crippen LogP contribution in [0.4, 0.5) is 11.4 Å². The Morgan fingerprint density at radius 1 is 1.42 bits per heavy atom. The third-order valence-electron chi connectivity index (χ3n) is 2.64. The van der Waals surface area contributed by atoms with Crippen LogP contribution < -0.4 is 11.1 Å². The second kappa shape index (κ2) is 6.23. The van der Waals surface area contributed by atoms with Crippen LogP contribution in [0.1, 0.15) is 6.92 Å². The quantitative estimate of drug-likeness (QED) is 0.761. The zero-order valence-electron chi connectivity index (χ0n) is 11.7. The number of hydrogen-bond acceptors (Lipinski definition) is 5. The Labute approximate surface area is 114 Å². The molecule has 0 amide bonds. The second-order valence-corrected chi connectivity index (χ2v) is 6.63. The van der Waals surface area contributed by atoms with Gasteiger partial charge in [-0.05, 0) is 19.1 Å². The normalized spacial score (nSPS) is 13.5. The predicted octanol–water partition coefficient (Wildman–Crippen LogP) is 0.966. The highest BCUT2D eigenvalue weighted by Crippen LogP contribution is 2.28. The highest BCUT2D eigenvalue weighted by atomic mass is 32.2. The minimum atomic E-state index is -3.54. The van der Waals surface area contributed by atoms with Gasteiger partial charge in [-0.3, -0.25) is 0 Å². The fourth-order valence-corrected chi connectivity index (χ4v) is 2.68. The molecule has 0 saturated heterocycles. The zero-order chi connectivity index (χ0) is 14.6. The molecule has 1 aromatic carbocycles. The van der Waals surface area contributed by atoms with Gasteiger partial charge in [0, 0.05) is 27.2 Å². The Kier molecular flexibility index (Phi) is 5.16. The van der Waals surface area contributed by atoms with Gasteiger partial charge in [0.1, 0.15) is 4.90 Å². The highest BCUT2D eigenvalue weighted by molar-refractivity contribution is 7.89. The second-order valence-electron chi connectivity index (χ2n) is 4.51. The summed E-state index contributed by atoms with van der Waals surface area (Å²) in [5, 5.41) is 3.13. The molecule has 0 spiro atoms. The molecule has 0 bridgehead atoms. The van der Waals surface area contributed by atoms with E-state index in [0.29, 0.717) is 12.3 Å². The fourth-order valence-electron chi connectivity index (χ4n) is 1.65. The molecule has 0 aromatic heterocycles. The lowest BCUT2D eigenvalue weighted by atomic mass is 10.2. The van der Waals surface area contributed by atoms with Gasteiger partial charge >= 0.3 is 0 Å². The molecule has 108 valence electrons. The number of benzene rings is 1. The van der Waals surface area contributed by atoms with Gasteiger partial charge < -0.3 is 15.8 Å². The minimum absolute atomic E-state index is 0.0320. The Morgan fingerprint density at radius 3 is 2.58 bits per heavy atom. The fraction of sp³-hybridized carbons (Fsp3) is 0.500. The summed E-state index contributed by atoms with van der Waals surface area (Å²) in [7, 11) is 1.01. The van der Waals surface area contributed by atoms with Crippen molar-refractivity contribution in [3.8, 4) is 0 Å². The average Bonchev–Trinajstić information content (AvgIpc) is 2.31. The molecule has 0 aliphatic carbocycles. The minimum Gasteiger partial charge on any atom is -0.396 e. The van der Waals surface area contributed by atoms with Crippen molar-refractivity contribution < 1.29 is 13.2 Å². The first-order chi connectivity index (χ1) is 8.80. The molecule has 0 aliphatic heterocycles. The van der Waals surface area contributed by atoms with Crippen LogP contribution in [0, 0.1) is 0 Å². The number of nitrogens with one attached hydrogen (secondary N) is 1. The number of methoxy groups -OCH3 is 1. The highest BCUT2D eigenvalue weighted by Gasteiger charge is 2.21. The van der Waals surface area contributed by atoms with Crippen LogP contribution in [0.25, 0.3) is 0 Å². The third-order valence-corrected chi connectivity index (χ3v) is 4.52. The van der Waals surface area contributed by atoms with E-state index in [9.17, 15) is 8.42 Å². The summed E-state index contributed by atoms with van der Waals surface area (Å²) >= 11 is 0. The molecule has 6 nitrogen and oxygen atoms in total. The summed E-state index contributed by atoms with van der Waals surface area (Å²) in [5.74, 6) is 0. The lowest BCUT2D eigenvalue weighted by molar-refractivity contribution is 0.190. The molecule has 0 aliphatic rings. The van der Waals surface area contributed by atoms with E-state index in [1.165, 1.54) is 20.2 Å². The molecule has 1 rings (SSSR count). The average molecular weight is 287 g/mol. The van der Waals surface area contributed by atoms with Gasteiger partial charge in [-0.25, -0.2) is 12.7 Å². The first-order valence-electron chi connectivity index (χ1n) is 5.87. The summed E-state index contributed by atoms with van der Waals surface area (Å²) in [5.41, 5.74) is 6.75. The van der Waals surface area contributed by atoms with Gasteiger partial charge in [-0.15, -0.1) is 0 Å². The van der Waals surface area contributed by atoms with E-state index in [0.717, 1.165) is 4.31 Å². The number of ether oxygens (including phenoxy) is 1. The van der Waals surface area contributed by atoms with E-state index in [2.05, 4.69) is 5.32 Å². The van der Waals surface area contributed by atoms with Crippen LogP contribution in [0.2, 0.25) is 0 Å². The lowest BCUT2D eigenvalue weighted by Gasteiger charge is -2.19. The number of hydrogen-bond donors (Lipinski definition) is 2. The number of sulfonamides is 1. The van der Waals surface area contributed by atoms with Crippen molar-refractivity contribution in [2.75, 3.05) is 38.9 Å². The number of rotatable bonds is 6. The Morgan fingerprint density at radius 2 is 2.05 bits per heavy atom. The number of nitrogen functional groups attached to an aromatic ring is 1. The maximum Gasteiger partial charge on any atom is 0.244 e. The topological polar surface area (TPSA) is 84.7 Å². The van der Waals surface area contributed by atoms with Crippen molar-refractivity contribution in [1.82, 2.24) is 4.31 Å². The molecule has 1 aromatic rings. The van der Waals surface area contributed by atoms with E-state index in [4.69, 9.17) is 10.5 Å². The van der Waals surface area contributed by atoms with Gasteiger partial charge in [0.2, 0.25) is 10.0 Å². The van der Waals surface area contributed by atoms with Crippen molar-refractivity contribution in [3.05, 3.63) is 18.2 Å². The SMILES string of the molecule is COCC(C)Nc1cccc(S(=O)(=O)N(C)C)c1N. The Hall–Kier alpha value is -1.31. The van der Waals surface area contributed by atoms with E-state index in [1.807, 2.05) is 6.92 Å². The summed E-state index contributed by atoms with van der Waals surface area (Å²) in [6.45, 7) is 2.43. The van der Waals surface area contributed by atoms with Gasteiger partial charge in [-0.2, -0.15) is 0 Å². The van der Waals surface area contributed by atoms with Crippen LogP contribution in [-0.2, 0) is 14.8 Å². The van der Waals surface area contributed by atoms with Crippen molar-refractivity contribution >= 4 is 21.4 Å². The maximum absolute atomic E-state index is 12.1. The molecule has 19 heavy (non-hydrogen) atoms. The molecule has 7 heteroatoms. The molecule has 3 N–H and O–H groups in total. The standard InChI is InChI=1S/C12H21N3O3S/c1-9(8-18-4)14-10-6-5-7-11(12(10)13)19(16,17)15(2)3/h5-7,9,14H,8,13H2,1-4H3. The smallest absolute Gasteiger partial charge is 0.244 e. The maximum atomic E-state index is 12.1. The zero-order valence-corrected chi connectivity index (χ0v) is 12.5. The number of anilines is 2. The van der Waals surface area contributed by atoms with Gasteiger partial charge in [-0.1, -0.05) is 6.07 Å². The van der Waals surface area contributed by atoms with Crippen molar-refractivity contribution in [2.45, 2.75) is 17.9 Å². The molecule has 1 unspecified atom stereocenters. The van der Waals surface area contributed by atoms with E-state index in [-0.39, 0.29) is 16.6 Å². The first-order valence-corrected chi connectivity index (χ1v) is 7.31. The largest absolute Gasteiger partial charge is 0.396 e. The predicted molar refractivity (Wildman–Crippen MR) is 76.7 cm³/mol. The Bertz CT molecular complexity index is 529. The monoisotopic (exact) mass is 287 g/mol. The number of para-hydroxylation sites is 1. The van der Waals surface area contributed by atoms with Crippen molar-refractivity contribution in [1.29, 1.82) is 0 Å². The molecular weight excluding hydrogens is 266 g/mol. The molecule has 0 fully saturated rings. The molecule has 1 atom stereocenters. The summed E-state index contributed by atoms with van der Waals surface area (Å²) in [6.07, 6.45) is 0. The molecule has 0 saturated carbocycles. The molecule has 0 radical (unpaired) electrons. The number of nitrogens with zero attached hydrogens (tertiary/aromatic N) is 1. The van der Waals surface area contributed by atoms with Crippen LogP contribution >= 0.6 is 0 Å².